The number of nitrogen functional groups attached to an aromatic ring is 1. The summed E-state index contributed by atoms with van der Waals surface area (Å²) in [4.78, 5) is 54.1. The highest BCUT2D eigenvalue weighted by molar-refractivity contribution is 7.91. The highest BCUT2D eigenvalue weighted by Crippen LogP contribution is 2.33. The number of hydrogen-bond acceptors (Lipinski definition) is 9. The number of carboxylic acids is 1. The summed E-state index contributed by atoms with van der Waals surface area (Å²) in [7, 11) is -3.99. The Morgan fingerprint density at radius 1 is 1.00 bits per heavy atom. The molecule has 13 nitrogen and oxygen atoms in total. The molecule has 0 radical (unpaired) electrons. The predicted molar refractivity (Wildman–Crippen MR) is 174 cm³/mol. The van der Waals surface area contributed by atoms with Crippen molar-refractivity contribution in [2.24, 2.45) is 11.7 Å². The Bertz CT molecular complexity index is 1840. The number of nitrogens with one attached hydrogen (secondary N) is 4. The van der Waals surface area contributed by atoms with Crippen LogP contribution >= 0.6 is 11.3 Å². The molecule has 0 saturated carbocycles. The molecule has 4 rings (SSSR count). The monoisotopic (exact) mass is 668 g/mol. The summed E-state index contributed by atoms with van der Waals surface area (Å²) < 4.78 is 26.0. The first-order valence-electron chi connectivity index (χ1n) is 14.4. The fraction of sp³-hybridized carbons (Fsp3) is 0.290. The summed E-state index contributed by atoms with van der Waals surface area (Å²) in [6, 6.07) is 11.5. The van der Waals surface area contributed by atoms with Crippen molar-refractivity contribution in [2.75, 3.05) is 12.3 Å². The number of H-pyrrole nitrogens is 1. The molecule has 0 saturated heterocycles. The number of hydrogen-bond donors (Lipinski definition) is 7. The number of carbonyl (C=O) groups excluding carboxylic acids is 3. The van der Waals surface area contributed by atoms with Gasteiger partial charge in [0.05, 0.1) is 16.6 Å². The van der Waals surface area contributed by atoms with Crippen LogP contribution in [-0.4, -0.2) is 66.9 Å². The lowest BCUT2D eigenvalue weighted by Gasteiger charge is -2.26. The smallest absolute Gasteiger partial charge is 0.328 e. The minimum Gasteiger partial charge on any atom is -0.480 e. The number of nitrogens with two attached hydrogens (primary N) is 2. The third kappa shape index (κ3) is 7.55. The minimum absolute atomic E-state index is 0.00184. The van der Waals surface area contributed by atoms with Gasteiger partial charge in [-0.2, -0.15) is 0 Å². The first kappa shape index (κ1) is 34.1. The second kappa shape index (κ2) is 14.6. The van der Waals surface area contributed by atoms with Gasteiger partial charge in [-0.05, 0) is 36.1 Å². The molecule has 2 aromatic carbocycles. The van der Waals surface area contributed by atoms with Crippen molar-refractivity contribution in [3.05, 3.63) is 76.6 Å². The SMILES string of the molecule is CC[C@@H](C)C(NC(=O)[C@@H](N)Cc1c[nH]c2ccccc12)C(=O)N[C@@H](CNC(=O)c1scc(S(=O)(=O)c2ccccc2)c1N)C(=O)O. The normalized spacial score (nSPS) is 14.2. The quantitative estimate of drug-likeness (QED) is 0.104. The lowest BCUT2D eigenvalue weighted by atomic mass is 9.97. The molecular weight excluding hydrogens is 633 g/mol. The number of carboxylic acid groups (broad SMARTS) is 1. The Hall–Kier alpha value is -4.73. The van der Waals surface area contributed by atoms with E-state index in [1.54, 1.807) is 31.3 Å². The summed E-state index contributed by atoms with van der Waals surface area (Å²) in [6.07, 6.45) is 2.46. The van der Waals surface area contributed by atoms with E-state index in [9.17, 15) is 32.7 Å². The van der Waals surface area contributed by atoms with E-state index in [1.165, 1.54) is 17.5 Å². The van der Waals surface area contributed by atoms with Crippen molar-refractivity contribution in [1.29, 1.82) is 0 Å². The number of fused-ring (bicyclic) bond motifs is 1. The zero-order valence-corrected chi connectivity index (χ0v) is 26.8. The highest BCUT2D eigenvalue weighted by Gasteiger charge is 2.32. The molecule has 9 N–H and O–H groups in total. The van der Waals surface area contributed by atoms with Crippen LogP contribution in [0.1, 0.15) is 35.5 Å². The predicted octanol–water partition coefficient (Wildman–Crippen LogP) is 2.04. The number of aromatic nitrogens is 1. The molecule has 4 atom stereocenters. The van der Waals surface area contributed by atoms with Gasteiger partial charge in [-0.25, -0.2) is 13.2 Å². The minimum atomic E-state index is -3.99. The molecular formula is C31H36N6O7S2. The molecule has 2 heterocycles. The van der Waals surface area contributed by atoms with E-state index in [0.29, 0.717) is 6.42 Å². The molecule has 3 amide bonds. The van der Waals surface area contributed by atoms with Gasteiger partial charge in [0.1, 0.15) is 21.9 Å². The van der Waals surface area contributed by atoms with Gasteiger partial charge in [0, 0.05) is 29.0 Å². The average Bonchev–Trinajstić information content (AvgIpc) is 3.64. The van der Waals surface area contributed by atoms with Crippen LogP contribution in [0.5, 0.6) is 0 Å². The number of para-hydroxylation sites is 1. The molecule has 0 aliphatic heterocycles. The number of aliphatic carboxylic acids is 1. The van der Waals surface area contributed by atoms with Gasteiger partial charge >= 0.3 is 5.97 Å². The standard InChI is InChI=1S/C31H36N6O7S2/c1-3-17(2)26(37-28(38)21(32)13-18-14-34-22-12-8-7-11-20(18)22)29(39)36-23(31(41)42)15-35-30(40)27-25(33)24(16-45-27)46(43,44)19-9-5-4-6-10-19/h4-12,14,16-17,21,23,26,34H,3,13,15,32-33H2,1-2H3,(H,35,40)(H,36,39)(H,37,38)(H,41,42)/t17-,21+,23+,26?/m1/s1. The summed E-state index contributed by atoms with van der Waals surface area (Å²) in [6.45, 7) is 3.00. The Kier molecular flexibility index (Phi) is 10.8. The maximum atomic E-state index is 13.3. The van der Waals surface area contributed by atoms with Crippen LogP contribution in [0.3, 0.4) is 0 Å². The van der Waals surface area contributed by atoms with Crippen molar-refractivity contribution < 1.29 is 32.7 Å². The van der Waals surface area contributed by atoms with Crippen LogP contribution in [0.4, 0.5) is 5.69 Å². The topological polar surface area (TPSA) is 227 Å². The molecule has 46 heavy (non-hydrogen) atoms. The number of anilines is 1. The third-order valence-electron chi connectivity index (χ3n) is 7.67. The van der Waals surface area contributed by atoms with Gasteiger partial charge in [-0.1, -0.05) is 56.7 Å². The fourth-order valence-electron chi connectivity index (χ4n) is 4.79. The van der Waals surface area contributed by atoms with E-state index in [0.717, 1.165) is 27.8 Å². The molecule has 2 aromatic heterocycles. The highest BCUT2D eigenvalue weighted by atomic mass is 32.2. The molecule has 0 bridgehead atoms. The Balaban J connectivity index is 1.40. The van der Waals surface area contributed by atoms with Crippen LogP contribution in [0.2, 0.25) is 0 Å². The van der Waals surface area contributed by atoms with Crippen molar-refractivity contribution in [2.45, 2.75) is 54.6 Å². The summed E-state index contributed by atoms with van der Waals surface area (Å²) in [5.74, 6) is -3.99. The maximum absolute atomic E-state index is 13.3. The van der Waals surface area contributed by atoms with E-state index in [4.69, 9.17) is 11.5 Å². The maximum Gasteiger partial charge on any atom is 0.328 e. The molecule has 0 fully saturated rings. The molecule has 0 aliphatic rings. The number of thiophene rings is 1. The first-order valence-corrected chi connectivity index (χ1v) is 16.8. The van der Waals surface area contributed by atoms with Crippen LogP contribution < -0.4 is 27.4 Å². The van der Waals surface area contributed by atoms with E-state index in [-0.39, 0.29) is 32.7 Å². The summed E-state index contributed by atoms with van der Waals surface area (Å²) in [5.41, 5.74) is 13.7. The van der Waals surface area contributed by atoms with Gasteiger partial charge in [-0.3, -0.25) is 14.4 Å². The lowest BCUT2D eigenvalue weighted by Crippen LogP contribution is -2.58. The lowest BCUT2D eigenvalue weighted by molar-refractivity contribution is -0.142. The van der Waals surface area contributed by atoms with Crippen LogP contribution in [0.25, 0.3) is 10.9 Å². The zero-order chi connectivity index (χ0) is 33.6. The van der Waals surface area contributed by atoms with E-state index >= 15 is 0 Å². The van der Waals surface area contributed by atoms with Crippen molar-refractivity contribution in [3.63, 3.8) is 0 Å². The number of aromatic amines is 1. The Morgan fingerprint density at radius 3 is 2.35 bits per heavy atom. The molecule has 0 aliphatic carbocycles. The van der Waals surface area contributed by atoms with Crippen molar-refractivity contribution in [3.8, 4) is 0 Å². The Labute approximate surface area is 269 Å². The molecule has 244 valence electrons. The number of benzene rings is 2. The summed E-state index contributed by atoms with van der Waals surface area (Å²) >= 11 is 0.790. The van der Waals surface area contributed by atoms with Crippen molar-refractivity contribution >= 4 is 61.5 Å². The number of carbonyl (C=O) groups is 4. The van der Waals surface area contributed by atoms with Crippen molar-refractivity contribution in [1.82, 2.24) is 20.9 Å². The second-order valence-corrected chi connectivity index (χ2v) is 13.6. The van der Waals surface area contributed by atoms with Crippen LogP contribution in [0, 0.1) is 5.92 Å². The molecule has 1 unspecified atom stereocenters. The van der Waals surface area contributed by atoms with Gasteiger partial charge in [0.15, 0.2) is 0 Å². The Morgan fingerprint density at radius 2 is 1.67 bits per heavy atom. The first-order chi connectivity index (χ1) is 21.8. The molecule has 4 aromatic rings. The van der Waals surface area contributed by atoms with Gasteiger partial charge < -0.3 is 37.5 Å². The second-order valence-electron chi connectivity index (χ2n) is 10.8. The fourth-order valence-corrected chi connectivity index (χ4v) is 7.44. The van der Waals surface area contributed by atoms with Crippen LogP contribution in [0.15, 0.2) is 76.0 Å². The van der Waals surface area contributed by atoms with Gasteiger partial charge in [0.25, 0.3) is 5.91 Å². The molecule has 0 spiro atoms. The van der Waals surface area contributed by atoms with E-state index in [2.05, 4.69) is 20.9 Å². The van der Waals surface area contributed by atoms with Gasteiger partial charge in [0.2, 0.25) is 21.7 Å². The summed E-state index contributed by atoms with van der Waals surface area (Å²) in [5, 5.41) is 19.4. The van der Waals surface area contributed by atoms with E-state index in [1.807, 2.05) is 31.2 Å². The largest absolute Gasteiger partial charge is 0.480 e. The average molecular weight is 669 g/mol. The van der Waals surface area contributed by atoms with Gasteiger partial charge in [-0.15, -0.1) is 11.3 Å². The van der Waals surface area contributed by atoms with E-state index < -0.39 is 58.2 Å². The molecule has 15 heteroatoms. The number of sulfone groups is 1. The number of amides is 3. The van der Waals surface area contributed by atoms with Crippen LogP contribution in [-0.2, 0) is 30.6 Å². The zero-order valence-electron chi connectivity index (χ0n) is 25.1. The number of rotatable bonds is 14. The third-order valence-corrected chi connectivity index (χ3v) is 10.6.